The number of methoxy groups -OCH3 is 1. The average molecular weight is 855 g/mol. The molecule has 2 heterocycles. The Morgan fingerprint density at radius 2 is 1.34 bits per heavy atom. The Morgan fingerprint density at radius 1 is 0.763 bits per heavy atom. The topological polar surface area (TPSA) is 132 Å². The number of rotatable bonds is 7. The van der Waals surface area contributed by atoms with E-state index in [1.54, 1.807) is 30.3 Å². The van der Waals surface area contributed by atoms with Crippen LogP contribution in [0.2, 0.25) is 0 Å². The molecule has 304 valence electrons. The number of nitrogens with zero attached hydrogens (tertiary/aromatic N) is 5. The molecule has 4 aromatic rings. The van der Waals surface area contributed by atoms with Crippen molar-refractivity contribution in [3.63, 3.8) is 0 Å². The number of halogens is 7. The molecule has 2 aliphatic heterocycles. The number of anilines is 3. The molecule has 1 N–H and O–H groups in total. The fourth-order valence-electron chi connectivity index (χ4n) is 8.68. The van der Waals surface area contributed by atoms with Crippen LogP contribution in [0, 0.1) is 46.8 Å². The molecule has 2 aliphatic carbocycles. The summed E-state index contributed by atoms with van der Waals surface area (Å²) in [5.41, 5.74) is 0.509. The van der Waals surface area contributed by atoms with Crippen molar-refractivity contribution in [3.8, 4) is 11.5 Å². The minimum atomic E-state index is -2.74. The summed E-state index contributed by atoms with van der Waals surface area (Å²) < 4.78 is 79.0. The lowest BCUT2D eigenvalue weighted by molar-refractivity contribution is -0.125. The van der Waals surface area contributed by atoms with Gasteiger partial charge in [-0.25, -0.2) is 26.9 Å². The summed E-state index contributed by atoms with van der Waals surface area (Å²) in [7, 11) is 5.07. The lowest BCUT2D eigenvalue weighted by Gasteiger charge is -2.50. The van der Waals surface area contributed by atoms with Gasteiger partial charge in [0.15, 0.2) is 44.5 Å². The molecule has 0 radical (unpaired) electrons. The predicted octanol–water partition coefficient (Wildman–Crippen LogP) is 8.35. The third-order valence-electron chi connectivity index (χ3n) is 11.5. The van der Waals surface area contributed by atoms with Crippen molar-refractivity contribution in [2.45, 2.75) is 28.5 Å². The maximum atomic E-state index is 15.3. The third-order valence-corrected chi connectivity index (χ3v) is 12.9. The standard InChI is InChI=1S/C41H30Cl2F5N5O6/c1-51(2)21-9-5-19(6-10-21)49-50-20-7-11-22(12-8-20)52-36(55)24-14-13-23-25(28(24)37(52)56)17-40(42)38(57)53(35-33(47)31(45)30(44)32(46)34(35)48)39(58)41(40,43)29(23)18-4-15-27(59-3)26(54)16-18/h4-13,15-16,24-25,28-29,54H,14,17H2,1-3H3/t24-,25+,28-,29-,40+,41-/m0/s1. The highest BCUT2D eigenvalue weighted by Crippen LogP contribution is 2.66. The Balaban J connectivity index is 1.18. The SMILES string of the molecule is COc1ccc([C@H]2C3=CC[C@@H]4C(=O)N(c5ccc(N=Nc6ccc(N(C)C)cc6)cc5)C(=O)[C@@H]4[C@@H]3C[C@@]3(Cl)C(=O)N(c4c(F)c(F)c(F)c(F)c4F)C(=O)[C@@]23Cl)cc1O. The van der Waals surface area contributed by atoms with Crippen LogP contribution in [0.1, 0.15) is 24.3 Å². The maximum Gasteiger partial charge on any atom is 0.258 e. The Labute approximate surface area is 342 Å². The van der Waals surface area contributed by atoms with Crippen molar-refractivity contribution < 1.29 is 51.0 Å². The predicted molar refractivity (Wildman–Crippen MR) is 205 cm³/mol. The van der Waals surface area contributed by atoms with Crippen molar-refractivity contribution in [1.29, 1.82) is 0 Å². The number of imide groups is 2. The fourth-order valence-corrected chi connectivity index (χ4v) is 9.62. The monoisotopic (exact) mass is 853 g/mol. The number of carbonyl (C=O) groups excluding carboxylic acids is 4. The molecule has 0 unspecified atom stereocenters. The number of alkyl halides is 2. The molecular formula is C41H30Cl2F5N5O6. The van der Waals surface area contributed by atoms with Gasteiger partial charge < -0.3 is 14.7 Å². The maximum absolute atomic E-state index is 15.3. The van der Waals surface area contributed by atoms with Crippen LogP contribution in [0.15, 0.2) is 88.6 Å². The summed E-state index contributed by atoms with van der Waals surface area (Å²) in [4.78, 5) is 54.6. The summed E-state index contributed by atoms with van der Waals surface area (Å²) in [6.07, 6.45) is 0.809. The van der Waals surface area contributed by atoms with Gasteiger partial charge in [-0.3, -0.25) is 24.1 Å². The van der Waals surface area contributed by atoms with Crippen molar-refractivity contribution in [2.75, 3.05) is 35.9 Å². The van der Waals surface area contributed by atoms with Crippen molar-refractivity contribution in [1.82, 2.24) is 0 Å². The molecule has 4 aliphatic rings. The Hall–Kier alpha value is -5.87. The van der Waals surface area contributed by atoms with E-state index >= 15 is 8.78 Å². The first kappa shape index (κ1) is 39.9. The van der Waals surface area contributed by atoms with Crippen LogP contribution in [-0.4, -0.2) is 59.7 Å². The number of allylic oxidation sites excluding steroid dienone is 2. The van der Waals surface area contributed by atoms with E-state index in [-0.39, 0.29) is 33.9 Å². The van der Waals surface area contributed by atoms with E-state index in [0.29, 0.717) is 11.4 Å². The van der Waals surface area contributed by atoms with E-state index in [1.165, 1.54) is 31.4 Å². The van der Waals surface area contributed by atoms with E-state index in [4.69, 9.17) is 27.9 Å². The minimum absolute atomic E-state index is 0.0187. The van der Waals surface area contributed by atoms with Crippen molar-refractivity contribution >= 4 is 75.3 Å². The van der Waals surface area contributed by atoms with E-state index in [1.807, 2.05) is 31.1 Å². The normalized spacial score (nSPS) is 26.3. The highest BCUT2D eigenvalue weighted by molar-refractivity contribution is 6.58. The summed E-state index contributed by atoms with van der Waals surface area (Å²) in [5, 5.41) is 19.3. The molecule has 18 heteroatoms. The van der Waals surface area contributed by atoms with Gasteiger partial charge in [0.1, 0.15) is 5.69 Å². The van der Waals surface area contributed by atoms with Gasteiger partial charge in [0.25, 0.3) is 11.8 Å². The van der Waals surface area contributed by atoms with Gasteiger partial charge in [-0.1, -0.05) is 17.7 Å². The second-order valence-corrected chi connectivity index (χ2v) is 16.0. The van der Waals surface area contributed by atoms with E-state index in [9.17, 15) is 37.5 Å². The molecule has 0 spiro atoms. The average Bonchev–Trinajstić information content (AvgIpc) is 3.56. The zero-order valence-corrected chi connectivity index (χ0v) is 32.5. The number of hydrogen-bond acceptors (Lipinski definition) is 9. The summed E-state index contributed by atoms with van der Waals surface area (Å²) in [5.74, 6) is -22.3. The molecule has 4 amide bonds. The van der Waals surface area contributed by atoms with Crippen LogP contribution in [0.4, 0.5) is 50.4 Å². The first-order valence-electron chi connectivity index (χ1n) is 18.0. The number of ether oxygens (including phenoxy) is 1. The lowest BCUT2D eigenvalue weighted by Crippen LogP contribution is -2.60. The second kappa shape index (κ2) is 14.2. The largest absolute Gasteiger partial charge is 0.504 e. The summed E-state index contributed by atoms with van der Waals surface area (Å²) in [6, 6.07) is 17.3. The van der Waals surface area contributed by atoms with Gasteiger partial charge in [0.2, 0.25) is 17.6 Å². The highest BCUT2D eigenvalue weighted by Gasteiger charge is 2.77. The number of fused-ring (bicyclic) bond motifs is 4. The minimum Gasteiger partial charge on any atom is -0.504 e. The van der Waals surface area contributed by atoms with Crippen LogP contribution in [0.3, 0.4) is 0 Å². The molecule has 0 bridgehead atoms. The molecule has 59 heavy (non-hydrogen) atoms. The van der Waals surface area contributed by atoms with Gasteiger partial charge >= 0.3 is 0 Å². The number of aromatic hydroxyl groups is 1. The number of azo groups is 1. The van der Waals surface area contributed by atoms with E-state index < -0.39 is 104 Å². The number of phenolic OH excluding ortho intramolecular Hbond substituents is 1. The smallest absolute Gasteiger partial charge is 0.258 e. The van der Waals surface area contributed by atoms with Gasteiger partial charge in [-0.15, -0.1) is 23.2 Å². The quantitative estimate of drug-likeness (QED) is 0.0376. The van der Waals surface area contributed by atoms with Gasteiger partial charge in [-0.2, -0.15) is 10.2 Å². The molecule has 1 saturated carbocycles. The van der Waals surface area contributed by atoms with Gasteiger partial charge in [-0.05, 0) is 85.0 Å². The number of phenols is 1. The highest BCUT2D eigenvalue weighted by atomic mass is 35.5. The van der Waals surface area contributed by atoms with Crippen molar-refractivity contribution in [3.05, 3.63) is 113 Å². The van der Waals surface area contributed by atoms with Crippen LogP contribution in [0.5, 0.6) is 11.5 Å². The van der Waals surface area contributed by atoms with Crippen LogP contribution < -0.4 is 19.4 Å². The first-order valence-corrected chi connectivity index (χ1v) is 18.7. The van der Waals surface area contributed by atoms with E-state index in [2.05, 4.69) is 10.2 Å². The number of benzene rings is 4. The number of hydrogen-bond donors (Lipinski definition) is 1. The fraction of sp³-hybridized carbons (Fsp3) is 0.268. The van der Waals surface area contributed by atoms with Crippen LogP contribution in [0.25, 0.3) is 0 Å². The van der Waals surface area contributed by atoms with Crippen molar-refractivity contribution in [2.24, 2.45) is 28.0 Å². The molecule has 3 fully saturated rings. The summed E-state index contributed by atoms with van der Waals surface area (Å²) >= 11 is 14.3. The second-order valence-electron chi connectivity index (χ2n) is 14.8. The number of carbonyl (C=O) groups is 4. The zero-order chi connectivity index (χ0) is 42.5. The molecule has 0 aromatic heterocycles. The first-order chi connectivity index (χ1) is 28.0. The van der Waals surface area contributed by atoms with Crippen LogP contribution in [-0.2, 0) is 19.2 Å². The molecule has 6 atom stereocenters. The lowest BCUT2D eigenvalue weighted by atomic mass is 9.56. The third kappa shape index (κ3) is 5.74. The molecule has 11 nitrogen and oxygen atoms in total. The molecule has 4 aromatic carbocycles. The number of amides is 4. The summed E-state index contributed by atoms with van der Waals surface area (Å²) in [6.45, 7) is 0. The Kier molecular flexibility index (Phi) is 9.58. The zero-order valence-electron chi connectivity index (χ0n) is 31.0. The Morgan fingerprint density at radius 3 is 1.90 bits per heavy atom. The van der Waals surface area contributed by atoms with Gasteiger partial charge in [0.05, 0.1) is 36.0 Å². The van der Waals surface area contributed by atoms with Gasteiger partial charge in [0, 0.05) is 25.7 Å². The van der Waals surface area contributed by atoms with E-state index in [0.717, 1.165) is 16.7 Å². The molecular weight excluding hydrogens is 824 g/mol. The molecule has 8 rings (SSSR count). The molecule has 2 saturated heterocycles. The Bertz CT molecular complexity index is 2530. The van der Waals surface area contributed by atoms with Crippen LogP contribution >= 0.6 is 23.2 Å².